The van der Waals surface area contributed by atoms with Crippen LogP contribution in [0.15, 0.2) is 66.7 Å². The third-order valence-electron chi connectivity index (χ3n) is 5.66. The van der Waals surface area contributed by atoms with E-state index in [1.165, 1.54) is 6.07 Å². The number of para-hydroxylation sites is 1. The molecule has 0 radical (unpaired) electrons. The number of carbonyl (C=O) groups is 1. The SMILES string of the molecule is NNC(=O)Nc1ccc(N(CCCl)CCCl)c(-c2cc(-c3ccc(F)c(F)c3)nc3ccccc23)c1. The van der Waals surface area contributed by atoms with Crippen molar-refractivity contribution in [3.05, 3.63) is 78.4 Å². The Kier molecular flexibility index (Phi) is 8.20. The number of fused-ring (bicyclic) bond motifs is 1. The van der Waals surface area contributed by atoms with Crippen molar-refractivity contribution in [2.45, 2.75) is 0 Å². The first-order chi connectivity index (χ1) is 17.4. The van der Waals surface area contributed by atoms with Gasteiger partial charge in [-0.25, -0.2) is 24.4 Å². The number of urea groups is 1. The van der Waals surface area contributed by atoms with Crippen LogP contribution < -0.4 is 21.5 Å². The van der Waals surface area contributed by atoms with E-state index in [1.807, 2.05) is 47.9 Å². The number of rotatable bonds is 8. The number of nitrogens with zero attached hydrogens (tertiary/aromatic N) is 2. The molecule has 1 aromatic heterocycles. The first-order valence-corrected chi connectivity index (χ1v) is 12.2. The molecule has 4 N–H and O–H groups in total. The molecule has 0 saturated heterocycles. The molecule has 10 heteroatoms. The smallest absolute Gasteiger partial charge is 0.333 e. The largest absolute Gasteiger partial charge is 0.369 e. The lowest BCUT2D eigenvalue weighted by molar-refractivity contribution is 0.252. The average molecular weight is 530 g/mol. The number of anilines is 2. The van der Waals surface area contributed by atoms with Crippen LogP contribution in [0.2, 0.25) is 0 Å². The molecule has 0 fully saturated rings. The van der Waals surface area contributed by atoms with E-state index in [9.17, 15) is 13.6 Å². The third-order valence-corrected chi connectivity index (χ3v) is 5.99. The normalized spacial score (nSPS) is 10.9. The number of hydrogen-bond donors (Lipinski definition) is 3. The molecule has 0 aliphatic rings. The molecule has 0 unspecified atom stereocenters. The lowest BCUT2D eigenvalue weighted by Gasteiger charge is -2.27. The number of pyridine rings is 1. The Morgan fingerprint density at radius 2 is 1.67 bits per heavy atom. The van der Waals surface area contributed by atoms with Crippen LogP contribution in [0.4, 0.5) is 25.0 Å². The first-order valence-electron chi connectivity index (χ1n) is 11.1. The molecule has 4 aromatic rings. The highest BCUT2D eigenvalue weighted by molar-refractivity contribution is 6.18. The maximum atomic E-state index is 14.1. The molecule has 0 spiro atoms. The number of hydrogen-bond acceptors (Lipinski definition) is 4. The van der Waals surface area contributed by atoms with E-state index < -0.39 is 17.7 Å². The molecule has 2 amide bonds. The Balaban J connectivity index is 1.99. The third kappa shape index (κ3) is 5.51. The maximum Gasteiger partial charge on any atom is 0.333 e. The number of hydrazine groups is 1. The van der Waals surface area contributed by atoms with Gasteiger partial charge in [0.2, 0.25) is 0 Å². The van der Waals surface area contributed by atoms with Crippen molar-refractivity contribution in [1.82, 2.24) is 10.4 Å². The second kappa shape index (κ2) is 11.5. The van der Waals surface area contributed by atoms with E-state index in [2.05, 4.69) is 10.2 Å². The molecule has 3 aromatic carbocycles. The molecule has 0 bridgehead atoms. The number of carbonyl (C=O) groups excluding carboxylic acids is 1. The van der Waals surface area contributed by atoms with Crippen LogP contribution in [-0.2, 0) is 0 Å². The highest BCUT2D eigenvalue weighted by atomic mass is 35.5. The van der Waals surface area contributed by atoms with Crippen molar-refractivity contribution >= 4 is 51.5 Å². The summed E-state index contributed by atoms with van der Waals surface area (Å²) in [7, 11) is 0. The van der Waals surface area contributed by atoms with Gasteiger partial charge in [0, 0.05) is 52.7 Å². The van der Waals surface area contributed by atoms with Crippen LogP contribution in [0.25, 0.3) is 33.3 Å². The second-order valence-corrected chi connectivity index (χ2v) is 8.65. The van der Waals surface area contributed by atoms with Crippen LogP contribution in [0.5, 0.6) is 0 Å². The maximum absolute atomic E-state index is 14.1. The molecular formula is C26H23Cl2F2N5O. The highest BCUT2D eigenvalue weighted by Gasteiger charge is 2.18. The van der Waals surface area contributed by atoms with E-state index in [1.54, 1.807) is 6.07 Å². The summed E-state index contributed by atoms with van der Waals surface area (Å²) in [6.45, 7) is 1.08. The van der Waals surface area contributed by atoms with Gasteiger partial charge in [0.1, 0.15) is 0 Å². The van der Waals surface area contributed by atoms with Crippen LogP contribution in [0.1, 0.15) is 0 Å². The molecule has 0 atom stereocenters. The Morgan fingerprint density at radius 1 is 0.917 bits per heavy atom. The van der Waals surface area contributed by atoms with Crippen molar-refractivity contribution in [3.8, 4) is 22.4 Å². The van der Waals surface area contributed by atoms with Crippen molar-refractivity contribution in [2.24, 2.45) is 5.84 Å². The summed E-state index contributed by atoms with van der Waals surface area (Å²) in [6, 6.07) is 17.9. The molecule has 0 aliphatic carbocycles. The fourth-order valence-electron chi connectivity index (χ4n) is 4.03. The Hall–Kier alpha value is -3.46. The van der Waals surface area contributed by atoms with E-state index in [-0.39, 0.29) is 0 Å². The molecule has 0 saturated carbocycles. The molecular weight excluding hydrogens is 507 g/mol. The fourth-order valence-corrected chi connectivity index (χ4v) is 4.44. The number of nitrogens with one attached hydrogen (secondary N) is 2. The van der Waals surface area contributed by atoms with Gasteiger partial charge in [0.15, 0.2) is 11.6 Å². The van der Waals surface area contributed by atoms with Gasteiger partial charge in [-0.3, -0.25) is 5.43 Å². The molecule has 0 aliphatic heterocycles. The van der Waals surface area contributed by atoms with Crippen molar-refractivity contribution in [3.63, 3.8) is 0 Å². The fraction of sp³-hybridized carbons (Fsp3) is 0.154. The minimum absolute atomic E-state index is 0.378. The summed E-state index contributed by atoms with van der Waals surface area (Å²) < 4.78 is 27.7. The minimum atomic E-state index is -0.959. The summed E-state index contributed by atoms with van der Waals surface area (Å²) in [5.74, 6) is 4.11. The number of benzene rings is 3. The minimum Gasteiger partial charge on any atom is -0.369 e. The number of nitrogens with two attached hydrogens (primary N) is 1. The molecule has 186 valence electrons. The zero-order valence-electron chi connectivity index (χ0n) is 19.1. The van der Waals surface area contributed by atoms with Gasteiger partial charge in [0.05, 0.1) is 11.2 Å². The number of aromatic nitrogens is 1. The van der Waals surface area contributed by atoms with E-state index in [0.29, 0.717) is 47.3 Å². The highest BCUT2D eigenvalue weighted by Crippen LogP contribution is 2.39. The van der Waals surface area contributed by atoms with Gasteiger partial charge in [-0.2, -0.15) is 0 Å². The van der Waals surface area contributed by atoms with Crippen molar-refractivity contribution in [2.75, 3.05) is 35.1 Å². The monoisotopic (exact) mass is 529 g/mol. The van der Waals surface area contributed by atoms with Gasteiger partial charge in [-0.15, -0.1) is 23.2 Å². The van der Waals surface area contributed by atoms with Crippen LogP contribution in [0, 0.1) is 11.6 Å². The zero-order valence-corrected chi connectivity index (χ0v) is 20.6. The van der Waals surface area contributed by atoms with Crippen LogP contribution >= 0.6 is 23.2 Å². The summed E-state index contributed by atoms with van der Waals surface area (Å²) >= 11 is 12.2. The number of halogens is 4. The van der Waals surface area contributed by atoms with Gasteiger partial charge >= 0.3 is 6.03 Å². The van der Waals surface area contributed by atoms with E-state index >= 15 is 0 Å². The van der Waals surface area contributed by atoms with Crippen LogP contribution in [0.3, 0.4) is 0 Å². The first kappa shape index (κ1) is 25.6. The van der Waals surface area contributed by atoms with Crippen molar-refractivity contribution < 1.29 is 13.6 Å². The summed E-state index contributed by atoms with van der Waals surface area (Å²) in [5.41, 5.74) is 6.49. The average Bonchev–Trinajstić information content (AvgIpc) is 2.89. The Morgan fingerprint density at radius 3 is 2.36 bits per heavy atom. The zero-order chi connectivity index (χ0) is 25.7. The number of alkyl halides is 2. The topological polar surface area (TPSA) is 83.3 Å². The summed E-state index contributed by atoms with van der Waals surface area (Å²) in [4.78, 5) is 18.6. The second-order valence-electron chi connectivity index (χ2n) is 7.90. The standard InChI is InChI=1S/C26H23Cl2F2N5O/c27-9-11-35(12-10-28)25-8-6-17(32-26(36)34-31)14-20(25)19-15-24(16-5-7-21(29)22(30)13-16)33-23-4-2-1-3-18(19)23/h1-8,13-15H,9-12,31H2,(H2,32,34,36). The van der Waals surface area contributed by atoms with Crippen LogP contribution in [-0.4, -0.2) is 35.9 Å². The van der Waals surface area contributed by atoms with E-state index in [4.69, 9.17) is 34.0 Å². The van der Waals surface area contributed by atoms with E-state index in [0.717, 1.165) is 34.3 Å². The Labute approximate surface area is 217 Å². The van der Waals surface area contributed by atoms with Gasteiger partial charge in [0.25, 0.3) is 0 Å². The van der Waals surface area contributed by atoms with Gasteiger partial charge in [-0.05, 0) is 54.1 Å². The summed E-state index contributed by atoms with van der Waals surface area (Å²) in [6.07, 6.45) is 0. The quantitative estimate of drug-likeness (QED) is 0.111. The van der Waals surface area contributed by atoms with Crippen molar-refractivity contribution in [1.29, 1.82) is 0 Å². The Bertz CT molecular complexity index is 1400. The molecule has 4 rings (SSSR count). The van der Waals surface area contributed by atoms with Gasteiger partial charge in [-0.1, -0.05) is 18.2 Å². The summed E-state index contributed by atoms with van der Waals surface area (Å²) in [5, 5.41) is 3.52. The molecule has 36 heavy (non-hydrogen) atoms. The van der Waals surface area contributed by atoms with Gasteiger partial charge < -0.3 is 10.2 Å². The lowest BCUT2D eigenvalue weighted by Crippen LogP contribution is -2.34. The number of amides is 2. The predicted molar refractivity (Wildman–Crippen MR) is 143 cm³/mol. The molecule has 6 nitrogen and oxygen atoms in total. The lowest BCUT2D eigenvalue weighted by atomic mass is 9.96. The molecule has 1 heterocycles. The predicted octanol–water partition coefficient (Wildman–Crippen LogP) is 6.13.